The number of hydrogen-bond donors (Lipinski definition) is 1. The normalized spacial score (nSPS) is 14.7. The zero-order valence-electron chi connectivity index (χ0n) is 24.4. The van der Waals surface area contributed by atoms with Gasteiger partial charge in [-0.25, -0.2) is 14.6 Å². The number of para-hydroxylation sites is 1. The highest BCUT2D eigenvalue weighted by molar-refractivity contribution is 7.07. The number of allylic oxidation sites excluding steroid dienone is 1. The topological polar surface area (TPSA) is 130 Å². The number of halogens is 1. The van der Waals surface area contributed by atoms with E-state index in [2.05, 4.69) is 4.99 Å². The lowest BCUT2D eigenvalue weighted by Gasteiger charge is -2.27. The molecule has 228 valence electrons. The summed E-state index contributed by atoms with van der Waals surface area (Å²) in [6, 6.07) is 12.3. The maximum absolute atomic E-state index is 14.1. The molecule has 5 rings (SSSR count). The molecule has 1 aliphatic heterocycles. The quantitative estimate of drug-likeness (QED) is 0.235. The molecule has 2 aromatic carbocycles. The van der Waals surface area contributed by atoms with E-state index >= 15 is 0 Å². The van der Waals surface area contributed by atoms with E-state index in [0.717, 1.165) is 17.8 Å². The Morgan fingerprint density at radius 1 is 1.18 bits per heavy atom. The van der Waals surface area contributed by atoms with Gasteiger partial charge in [-0.2, -0.15) is 0 Å². The number of thiazole rings is 1. The number of carbonyl (C=O) groups is 2. The van der Waals surface area contributed by atoms with E-state index in [9.17, 15) is 19.5 Å². The molecule has 2 aromatic heterocycles. The maximum Gasteiger partial charge on any atom is 0.338 e. The maximum atomic E-state index is 14.1. The highest BCUT2D eigenvalue weighted by atomic mass is 35.5. The number of carbonyl (C=O) groups excluding carboxylic acids is 1. The Hall–Kier alpha value is -4.61. The van der Waals surface area contributed by atoms with E-state index in [-0.39, 0.29) is 22.8 Å². The van der Waals surface area contributed by atoms with Crippen molar-refractivity contribution in [3.63, 3.8) is 0 Å². The molecule has 1 atom stereocenters. The van der Waals surface area contributed by atoms with E-state index in [1.807, 2.05) is 6.92 Å². The third-order valence-electron chi connectivity index (χ3n) is 6.87. The van der Waals surface area contributed by atoms with Crippen LogP contribution >= 0.6 is 22.9 Å². The molecule has 0 aliphatic carbocycles. The van der Waals surface area contributed by atoms with E-state index in [1.165, 1.54) is 23.8 Å². The molecule has 44 heavy (non-hydrogen) atoms. The van der Waals surface area contributed by atoms with Gasteiger partial charge in [0.05, 0.1) is 46.7 Å². The van der Waals surface area contributed by atoms with Crippen molar-refractivity contribution >= 4 is 41.0 Å². The smallest absolute Gasteiger partial charge is 0.338 e. The van der Waals surface area contributed by atoms with Gasteiger partial charge in [0, 0.05) is 17.2 Å². The SMILES string of the molecule is CCCOc1c(OC)cccc1[C@H]1C(C(=O)OCC)=C(C)N=c2s/c(=C/c3ccc(-c4ccc(Cl)c(C(=O)O)c4)o3)c(=O)n21. The number of rotatable bonds is 10. The number of fused-ring (bicyclic) bond motifs is 1. The van der Waals surface area contributed by atoms with Crippen molar-refractivity contribution in [2.24, 2.45) is 4.99 Å². The van der Waals surface area contributed by atoms with Crippen LogP contribution in [0.1, 0.15) is 54.9 Å². The average molecular weight is 637 g/mol. The molecule has 0 saturated heterocycles. The Morgan fingerprint density at radius 3 is 2.68 bits per heavy atom. The molecule has 0 spiro atoms. The van der Waals surface area contributed by atoms with Gasteiger partial charge in [-0.05, 0) is 56.7 Å². The predicted octanol–water partition coefficient (Wildman–Crippen LogP) is 5.21. The van der Waals surface area contributed by atoms with Crippen LogP contribution in [0.25, 0.3) is 17.4 Å². The zero-order chi connectivity index (χ0) is 31.5. The molecule has 3 heterocycles. The second-order valence-corrected chi connectivity index (χ2v) is 11.1. The van der Waals surface area contributed by atoms with E-state index < -0.39 is 23.5 Å². The van der Waals surface area contributed by atoms with Gasteiger partial charge in [0.25, 0.3) is 5.56 Å². The number of nitrogens with zero attached hydrogens (tertiary/aromatic N) is 2. The molecule has 0 bridgehead atoms. The van der Waals surface area contributed by atoms with Crippen LogP contribution in [0.3, 0.4) is 0 Å². The molecular weight excluding hydrogens is 608 g/mol. The summed E-state index contributed by atoms with van der Waals surface area (Å²) in [6.45, 7) is 5.94. The van der Waals surface area contributed by atoms with Crippen LogP contribution < -0.4 is 24.4 Å². The first-order valence-corrected chi connectivity index (χ1v) is 15.0. The average Bonchev–Trinajstić information content (AvgIpc) is 3.59. The second-order valence-electron chi connectivity index (χ2n) is 9.73. The minimum Gasteiger partial charge on any atom is -0.493 e. The Morgan fingerprint density at radius 2 is 1.98 bits per heavy atom. The number of ether oxygens (including phenoxy) is 3. The standard InChI is InChI=1S/C32H29ClN2O8S/c1-5-14-42-28-20(8-7-9-24(28)40-4)27-26(31(39)41-6-2)17(3)34-32-35(27)29(36)25(44-32)16-19-11-13-23(43-19)18-10-12-22(33)21(15-18)30(37)38/h7-13,15-16,27H,5-6,14H2,1-4H3,(H,37,38)/b25-16+/t27-/m0/s1. The monoisotopic (exact) mass is 636 g/mol. The third kappa shape index (κ3) is 5.80. The summed E-state index contributed by atoms with van der Waals surface area (Å²) in [6.07, 6.45) is 2.32. The van der Waals surface area contributed by atoms with Gasteiger partial charge in [-0.3, -0.25) is 9.36 Å². The lowest BCUT2D eigenvalue weighted by atomic mass is 9.94. The Balaban J connectivity index is 1.66. The highest BCUT2D eigenvalue weighted by Gasteiger charge is 2.36. The first kappa shape index (κ1) is 30.8. The molecule has 0 fully saturated rings. The second kappa shape index (κ2) is 12.9. The minimum atomic E-state index is -1.16. The third-order valence-corrected chi connectivity index (χ3v) is 8.19. The van der Waals surface area contributed by atoms with Crippen molar-refractivity contribution in [2.45, 2.75) is 33.2 Å². The van der Waals surface area contributed by atoms with Crippen LogP contribution in [0.2, 0.25) is 5.02 Å². The molecule has 0 saturated carbocycles. The van der Waals surface area contributed by atoms with E-state index in [4.69, 9.17) is 30.2 Å². The summed E-state index contributed by atoms with van der Waals surface area (Å²) in [7, 11) is 1.53. The summed E-state index contributed by atoms with van der Waals surface area (Å²) in [4.78, 5) is 43.9. The van der Waals surface area contributed by atoms with Gasteiger partial charge in [-0.1, -0.05) is 42.0 Å². The number of hydrogen-bond acceptors (Lipinski definition) is 9. The van der Waals surface area contributed by atoms with Gasteiger partial charge >= 0.3 is 11.9 Å². The summed E-state index contributed by atoms with van der Waals surface area (Å²) >= 11 is 7.16. The number of carboxylic acid groups (broad SMARTS) is 1. The number of aromatic carboxylic acids is 1. The fourth-order valence-corrected chi connectivity index (χ4v) is 6.14. The molecule has 0 amide bonds. The molecule has 10 nitrogen and oxygen atoms in total. The largest absolute Gasteiger partial charge is 0.493 e. The fourth-order valence-electron chi connectivity index (χ4n) is 4.91. The number of methoxy groups -OCH3 is 1. The number of esters is 1. The first-order valence-electron chi connectivity index (χ1n) is 13.8. The number of aromatic nitrogens is 1. The van der Waals surface area contributed by atoms with E-state index in [0.29, 0.717) is 55.8 Å². The molecule has 0 unspecified atom stereocenters. The van der Waals surface area contributed by atoms with Crippen LogP contribution in [0.15, 0.2) is 74.0 Å². The lowest BCUT2D eigenvalue weighted by molar-refractivity contribution is -0.139. The molecule has 0 radical (unpaired) electrons. The lowest BCUT2D eigenvalue weighted by Crippen LogP contribution is -2.40. The zero-order valence-corrected chi connectivity index (χ0v) is 26.0. The van der Waals surface area contributed by atoms with Crippen molar-refractivity contribution in [1.82, 2.24) is 4.57 Å². The van der Waals surface area contributed by atoms with Crippen molar-refractivity contribution in [3.05, 3.63) is 101 Å². The summed E-state index contributed by atoms with van der Waals surface area (Å²) in [5, 5.41) is 9.54. The van der Waals surface area contributed by atoms with Crippen LogP contribution in [0.5, 0.6) is 11.5 Å². The van der Waals surface area contributed by atoms with Crippen LogP contribution in [-0.4, -0.2) is 41.9 Å². The summed E-state index contributed by atoms with van der Waals surface area (Å²) < 4.78 is 24.8. The highest BCUT2D eigenvalue weighted by Crippen LogP contribution is 2.41. The molecule has 12 heteroatoms. The summed E-state index contributed by atoms with van der Waals surface area (Å²) in [5.41, 5.74) is 1.26. The molecular formula is C32H29ClN2O8S. The number of benzene rings is 2. The van der Waals surface area contributed by atoms with Crippen molar-refractivity contribution in [3.8, 4) is 22.8 Å². The van der Waals surface area contributed by atoms with Gasteiger partial charge in [0.15, 0.2) is 16.3 Å². The predicted molar refractivity (Wildman–Crippen MR) is 165 cm³/mol. The van der Waals surface area contributed by atoms with Crippen LogP contribution in [0.4, 0.5) is 0 Å². The van der Waals surface area contributed by atoms with Crippen molar-refractivity contribution in [2.75, 3.05) is 20.3 Å². The number of furan rings is 1. The van der Waals surface area contributed by atoms with Crippen LogP contribution in [0, 0.1) is 0 Å². The first-order chi connectivity index (χ1) is 21.2. The molecule has 1 aliphatic rings. The fraction of sp³-hybridized carbons (Fsp3) is 0.250. The van der Waals surface area contributed by atoms with Gasteiger partial charge in [-0.15, -0.1) is 0 Å². The van der Waals surface area contributed by atoms with Crippen molar-refractivity contribution in [1.29, 1.82) is 0 Å². The van der Waals surface area contributed by atoms with Gasteiger partial charge in [0.2, 0.25) is 0 Å². The molecule has 1 N–H and O–H groups in total. The van der Waals surface area contributed by atoms with Crippen LogP contribution in [-0.2, 0) is 9.53 Å². The Labute approximate surface area is 261 Å². The van der Waals surface area contributed by atoms with Gasteiger partial charge < -0.3 is 23.7 Å². The van der Waals surface area contributed by atoms with Crippen molar-refractivity contribution < 1.29 is 33.3 Å². The minimum absolute atomic E-state index is 0.0528. The number of carboxylic acids is 1. The Kier molecular flexibility index (Phi) is 9.07. The van der Waals surface area contributed by atoms with Gasteiger partial charge in [0.1, 0.15) is 17.6 Å². The van der Waals surface area contributed by atoms with E-state index in [1.54, 1.807) is 56.3 Å². The Bertz CT molecular complexity index is 1970. The summed E-state index contributed by atoms with van der Waals surface area (Å²) in [5.74, 6) is -0.0914. The molecule has 4 aromatic rings.